The third-order valence-electron chi connectivity index (χ3n) is 5.25. The molecule has 0 aliphatic carbocycles. The first-order valence-electron chi connectivity index (χ1n) is 14.3. The number of carbonyl (C=O) groups is 8. The van der Waals surface area contributed by atoms with Gasteiger partial charge in [-0.1, -0.05) is 0 Å². The second-order valence-electron chi connectivity index (χ2n) is 13.1. The van der Waals surface area contributed by atoms with Crippen LogP contribution in [-0.2, 0) is 43.0 Å². The van der Waals surface area contributed by atoms with Crippen LogP contribution < -0.4 is 16.0 Å². The normalized spacial score (nSPS) is 16.6. The number of nitrogens with zero attached hydrogens (tertiary/aromatic N) is 3. The molecule has 45 heavy (non-hydrogen) atoms. The third kappa shape index (κ3) is 16.3. The molecule has 17 heteroatoms. The number of alkyl carbamates (subject to hydrolysis) is 1. The molecule has 0 saturated carbocycles. The zero-order chi connectivity index (χ0) is 34.8. The molecule has 17 nitrogen and oxygen atoms in total. The molecule has 0 radical (unpaired) electrons. The van der Waals surface area contributed by atoms with Crippen LogP contribution in [0.1, 0.15) is 62.3 Å². The summed E-state index contributed by atoms with van der Waals surface area (Å²) in [5, 5.41) is 7.08. The van der Waals surface area contributed by atoms with Gasteiger partial charge in [-0.3, -0.25) is 28.8 Å². The van der Waals surface area contributed by atoms with Gasteiger partial charge in [-0.15, -0.1) is 0 Å². The fourth-order valence-electron chi connectivity index (χ4n) is 3.48. The van der Waals surface area contributed by atoms with Crippen LogP contribution in [0.2, 0.25) is 0 Å². The molecular weight excluding hydrogens is 596 g/mol. The summed E-state index contributed by atoms with van der Waals surface area (Å²) in [6, 6.07) is 0. The van der Waals surface area contributed by atoms with E-state index in [0.29, 0.717) is 4.90 Å². The molecule has 1 fully saturated rings. The van der Waals surface area contributed by atoms with Crippen LogP contribution in [0.3, 0.4) is 0 Å². The zero-order valence-corrected chi connectivity index (χ0v) is 27.5. The van der Waals surface area contributed by atoms with E-state index in [1.165, 1.54) is 20.8 Å². The minimum Gasteiger partial charge on any atom is -0.459 e. The van der Waals surface area contributed by atoms with Crippen LogP contribution in [0.5, 0.6) is 0 Å². The van der Waals surface area contributed by atoms with Crippen molar-refractivity contribution in [2.24, 2.45) is 0 Å². The summed E-state index contributed by atoms with van der Waals surface area (Å²) in [7, 11) is 0. The molecule has 254 valence electrons. The molecule has 3 N–H and O–H groups in total. The number of rotatable bonds is 5. The molecule has 7 amide bonds. The number of hydrogen-bond donors (Lipinski definition) is 3. The van der Waals surface area contributed by atoms with Crippen molar-refractivity contribution in [3.05, 3.63) is 0 Å². The summed E-state index contributed by atoms with van der Waals surface area (Å²) in [5.74, 6) is -5.29. The topological polar surface area (TPSA) is 210 Å². The highest BCUT2D eigenvalue weighted by molar-refractivity contribution is 6.00. The molecule has 1 saturated heterocycles. The predicted octanol–water partition coefficient (Wildman–Crippen LogP) is -0.480. The fraction of sp³-hybridized carbons (Fsp3) is 0.714. The molecule has 1 heterocycles. The first kappa shape index (κ1) is 38.6. The molecule has 0 aromatic rings. The zero-order valence-electron chi connectivity index (χ0n) is 27.5. The molecule has 1 aliphatic heterocycles. The molecule has 0 aromatic heterocycles. The van der Waals surface area contributed by atoms with Crippen LogP contribution in [0.25, 0.3) is 0 Å². The highest BCUT2D eigenvalue weighted by atomic mass is 16.6. The maximum absolute atomic E-state index is 13.3. The molecule has 0 bridgehead atoms. The maximum Gasteiger partial charge on any atom is 0.417 e. The third-order valence-corrected chi connectivity index (χ3v) is 5.25. The van der Waals surface area contributed by atoms with Gasteiger partial charge in [-0.2, -0.15) is 0 Å². The van der Waals surface area contributed by atoms with E-state index >= 15 is 0 Å². The molecular formula is C28H46N6O11. The second-order valence-corrected chi connectivity index (χ2v) is 13.1. The first-order chi connectivity index (χ1) is 20.5. The lowest BCUT2D eigenvalue weighted by Crippen LogP contribution is -2.52. The van der Waals surface area contributed by atoms with Gasteiger partial charge in [-0.05, 0) is 62.3 Å². The maximum atomic E-state index is 13.3. The number of carbonyl (C=O) groups excluding carboxylic acids is 8. The SMILES string of the molecule is CC(C)(C)OC(=O)CN1CC(=O)N(C(=O)OC(C)(C)C)CC(=O)NCC(=O)N(CCNC(=O)OC(C)(C)C)CC(=O)NCC1=O. The van der Waals surface area contributed by atoms with Crippen LogP contribution in [0.15, 0.2) is 0 Å². The van der Waals surface area contributed by atoms with E-state index in [1.807, 2.05) is 0 Å². The van der Waals surface area contributed by atoms with Crippen LogP contribution in [-0.4, -0.2) is 132 Å². The molecule has 1 rings (SSSR count). The lowest BCUT2D eigenvalue weighted by Gasteiger charge is -2.29. The van der Waals surface area contributed by atoms with E-state index in [1.54, 1.807) is 41.5 Å². The summed E-state index contributed by atoms with van der Waals surface area (Å²) in [5.41, 5.74) is -2.76. The summed E-state index contributed by atoms with van der Waals surface area (Å²) in [6.07, 6.45) is -1.96. The largest absolute Gasteiger partial charge is 0.459 e. The van der Waals surface area contributed by atoms with Crippen molar-refractivity contribution >= 4 is 47.7 Å². The van der Waals surface area contributed by atoms with Gasteiger partial charge in [0.1, 0.15) is 36.4 Å². The number of hydrogen-bond acceptors (Lipinski definition) is 11. The molecule has 0 atom stereocenters. The Bertz CT molecular complexity index is 1150. The van der Waals surface area contributed by atoms with Crippen molar-refractivity contribution in [2.45, 2.75) is 79.1 Å². The van der Waals surface area contributed by atoms with E-state index in [-0.39, 0.29) is 13.1 Å². The Hall–Kier alpha value is -4.44. The highest BCUT2D eigenvalue weighted by Crippen LogP contribution is 2.12. The highest BCUT2D eigenvalue weighted by Gasteiger charge is 2.33. The summed E-state index contributed by atoms with van der Waals surface area (Å²) < 4.78 is 15.7. The van der Waals surface area contributed by atoms with Gasteiger partial charge >= 0.3 is 18.2 Å². The van der Waals surface area contributed by atoms with Gasteiger partial charge in [0.2, 0.25) is 23.6 Å². The standard InChI is InChI=1S/C28H46N6O11/c1-26(2,3)43-23(40)17-33-16-22(39)34(25(42)45-28(7,8)9)15-19(36)31-12-20(37)32(14-18(35)30-13-21(33)38)11-10-29-24(41)44-27(4,5)6/h10-17H2,1-9H3,(H,29,41)(H,30,35)(H,31,36). The van der Waals surface area contributed by atoms with Crippen molar-refractivity contribution in [2.75, 3.05) is 52.4 Å². The Morgan fingerprint density at radius 1 is 0.667 bits per heavy atom. The fourth-order valence-corrected chi connectivity index (χ4v) is 3.48. The van der Waals surface area contributed by atoms with E-state index in [9.17, 15) is 38.4 Å². The predicted molar refractivity (Wildman–Crippen MR) is 157 cm³/mol. The Kier molecular flexibility index (Phi) is 13.8. The van der Waals surface area contributed by atoms with Crippen molar-refractivity contribution in [1.29, 1.82) is 0 Å². The van der Waals surface area contributed by atoms with Gasteiger partial charge in [0.25, 0.3) is 5.91 Å². The quantitative estimate of drug-likeness (QED) is 0.258. The van der Waals surface area contributed by atoms with Crippen LogP contribution in [0.4, 0.5) is 9.59 Å². The Morgan fingerprint density at radius 2 is 1.16 bits per heavy atom. The number of imide groups is 1. The van der Waals surface area contributed by atoms with Crippen molar-refractivity contribution in [1.82, 2.24) is 30.7 Å². The Morgan fingerprint density at radius 3 is 1.67 bits per heavy atom. The van der Waals surface area contributed by atoms with Gasteiger partial charge in [-0.25, -0.2) is 14.5 Å². The summed E-state index contributed by atoms with van der Waals surface area (Å²) in [6.45, 7) is 9.80. The van der Waals surface area contributed by atoms with Crippen molar-refractivity contribution < 1.29 is 52.6 Å². The number of nitrogens with one attached hydrogen (secondary N) is 3. The first-order valence-corrected chi connectivity index (χ1v) is 14.3. The van der Waals surface area contributed by atoms with Crippen molar-refractivity contribution in [3.8, 4) is 0 Å². The van der Waals surface area contributed by atoms with E-state index in [4.69, 9.17) is 14.2 Å². The minimum atomic E-state index is -1.20. The molecule has 1 aliphatic rings. The lowest BCUT2D eigenvalue weighted by atomic mass is 10.2. The number of esters is 1. The molecule has 0 aromatic carbocycles. The minimum absolute atomic E-state index is 0.120. The van der Waals surface area contributed by atoms with Gasteiger partial charge < -0.3 is 40.0 Å². The average Bonchev–Trinajstić information content (AvgIpc) is 2.84. The van der Waals surface area contributed by atoms with E-state index < -0.39 is 104 Å². The van der Waals surface area contributed by atoms with Crippen LogP contribution >= 0.6 is 0 Å². The summed E-state index contributed by atoms with van der Waals surface area (Å²) in [4.78, 5) is 105. The summed E-state index contributed by atoms with van der Waals surface area (Å²) >= 11 is 0. The number of ether oxygens (including phenoxy) is 3. The second kappa shape index (κ2) is 16.0. The monoisotopic (exact) mass is 642 g/mol. The van der Waals surface area contributed by atoms with E-state index in [2.05, 4.69) is 16.0 Å². The Labute approximate surface area is 262 Å². The van der Waals surface area contributed by atoms with Gasteiger partial charge in [0.05, 0.1) is 19.6 Å². The van der Waals surface area contributed by atoms with Gasteiger partial charge in [0.15, 0.2) is 0 Å². The molecule has 0 unspecified atom stereocenters. The van der Waals surface area contributed by atoms with Crippen LogP contribution in [0, 0.1) is 0 Å². The Balaban J connectivity index is 3.30. The number of amides is 7. The van der Waals surface area contributed by atoms with Gasteiger partial charge in [0, 0.05) is 13.1 Å². The molecule has 0 spiro atoms. The lowest BCUT2D eigenvalue weighted by molar-refractivity contribution is -0.159. The van der Waals surface area contributed by atoms with Crippen molar-refractivity contribution in [3.63, 3.8) is 0 Å². The van der Waals surface area contributed by atoms with E-state index in [0.717, 1.165) is 9.80 Å². The smallest absolute Gasteiger partial charge is 0.417 e. The average molecular weight is 643 g/mol.